The highest BCUT2D eigenvalue weighted by atomic mass is 16.5. The average molecular weight is 363 g/mol. The molecule has 0 bridgehead atoms. The van der Waals surface area contributed by atoms with Gasteiger partial charge in [-0.3, -0.25) is 4.79 Å². The molecule has 3 aromatic rings. The Labute approximate surface area is 160 Å². The Morgan fingerprint density at radius 2 is 1.93 bits per heavy atom. The minimum atomic E-state index is -0.122. The monoisotopic (exact) mass is 363 g/mol. The second kappa shape index (κ2) is 8.64. The van der Waals surface area contributed by atoms with E-state index in [-0.39, 0.29) is 5.91 Å². The number of methoxy groups -OCH3 is 1. The van der Waals surface area contributed by atoms with Crippen molar-refractivity contribution in [3.8, 4) is 16.9 Å². The lowest BCUT2D eigenvalue weighted by molar-refractivity contribution is 0.0949. The minimum Gasteiger partial charge on any atom is -0.385 e. The number of carbonyl (C=O) groups excluding carboxylic acids is 1. The Kier molecular flexibility index (Phi) is 6.04. The molecular weight excluding hydrogens is 338 g/mol. The van der Waals surface area contributed by atoms with E-state index in [1.165, 1.54) is 5.56 Å². The molecular formula is C22H25N3O2. The summed E-state index contributed by atoms with van der Waals surface area (Å²) in [5.41, 5.74) is 5.44. The number of aryl methyl sites for hydroxylation is 2. The van der Waals surface area contributed by atoms with Crippen LogP contribution in [0.2, 0.25) is 0 Å². The number of nitrogens with one attached hydrogen (secondary N) is 1. The van der Waals surface area contributed by atoms with Crippen LogP contribution in [-0.4, -0.2) is 35.9 Å². The normalized spacial score (nSPS) is 10.8. The molecule has 0 aliphatic heterocycles. The quantitative estimate of drug-likeness (QED) is 0.647. The van der Waals surface area contributed by atoms with Gasteiger partial charge in [0.2, 0.25) is 0 Å². The Bertz CT molecular complexity index is 917. The SMILES string of the molecule is COCCCNC(=O)c1cn(-c2ccccc2)nc1-c1ccc(C)cc1C. The van der Waals surface area contributed by atoms with Crippen LogP contribution in [0, 0.1) is 13.8 Å². The number of amides is 1. The molecule has 140 valence electrons. The summed E-state index contributed by atoms with van der Waals surface area (Å²) in [6.07, 6.45) is 2.57. The third-order valence-electron chi connectivity index (χ3n) is 4.43. The highest BCUT2D eigenvalue weighted by Gasteiger charge is 2.19. The smallest absolute Gasteiger partial charge is 0.255 e. The van der Waals surface area contributed by atoms with Crippen LogP contribution in [0.4, 0.5) is 0 Å². The summed E-state index contributed by atoms with van der Waals surface area (Å²) in [6, 6.07) is 16.0. The van der Waals surface area contributed by atoms with Crippen LogP contribution in [0.5, 0.6) is 0 Å². The molecule has 3 rings (SSSR count). The summed E-state index contributed by atoms with van der Waals surface area (Å²) < 4.78 is 6.81. The van der Waals surface area contributed by atoms with E-state index in [2.05, 4.69) is 18.3 Å². The fourth-order valence-electron chi connectivity index (χ4n) is 3.04. The van der Waals surface area contributed by atoms with Crippen LogP contribution in [0.25, 0.3) is 16.9 Å². The number of hydrogen-bond acceptors (Lipinski definition) is 3. The van der Waals surface area contributed by atoms with Crippen molar-refractivity contribution < 1.29 is 9.53 Å². The first-order valence-electron chi connectivity index (χ1n) is 9.10. The largest absolute Gasteiger partial charge is 0.385 e. The van der Waals surface area contributed by atoms with E-state index in [0.29, 0.717) is 24.4 Å². The summed E-state index contributed by atoms with van der Waals surface area (Å²) in [5, 5.41) is 7.71. The molecule has 2 aromatic carbocycles. The molecule has 5 nitrogen and oxygen atoms in total. The average Bonchev–Trinajstić information content (AvgIpc) is 3.11. The number of nitrogens with zero attached hydrogens (tertiary/aromatic N) is 2. The number of ether oxygens (including phenoxy) is 1. The maximum atomic E-state index is 12.8. The molecule has 1 N–H and O–H groups in total. The van der Waals surface area contributed by atoms with Crippen molar-refractivity contribution in [2.24, 2.45) is 0 Å². The fraction of sp³-hybridized carbons (Fsp3) is 0.273. The van der Waals surface area contributed by atoms with Gasteiger partial charge < -0.3 is 10.1 Å². The van der Waals surface area contributed by atoms with Crippen LogP contribution < -0.4 is 5.32 Å². The zero-order chi connectivity index (χ0) is 19.2. The number of carbonyl (C=O) groups is 1. The van der Waals surface area contributed by atoms with Crippen LogP contribution >= 0.6 is 0 Å². The molecule has 5 heteroatoms. The molecule has 0 aliphatic rings. The third-order valence-corrected chi connectivity index (χ3v) is 4.43. The molecule has 0 fully saturated rings. The summed E-state index contributed by atoms with van der Waals surface area (Å²) in [5.74, 6) is -0.122. The van der Waals surface area contributed by atoms with Crippen molar-refractivity contribution in [3.63, 3.8) is 0 Å². The van der Waals surface area contributed by atoms with Gasteiger partial charge >= 0.3 is 0 Å². The summed E-state index contributed by atoms with van der Waals surface area (Å²) in [7, 11) is 1.66. The van der Waals surface area contributed by atoms with Crippen LogP contribution in [0.3, 0.4) is 0 Å². The van der Waals surface area contributed by atoms with Crippen molar-refractivity contribution in [2.45, 2.75) is 20.3 Å². The van der Waals surface area contributed by atoms with Crippen molar-refractivity contribution in [1.82, 2.24) is 15.1 Å². The number of aromatic nitrogens is 2. The van der Waals surface area contributed by atoms with E-state index in [1.54, 1.807) is 18.0 Å². The molecule has 0 aliphatic carbocycles. The van der Waals surface area contributed by atoms with E-state index in [0.717, 1.165) is 23.2 Å². The first-order chi connectivity index (χ1) is 13.1. The Morgan fingerprint density at radius 1 is 1.15 bits per heavy atom. The van der Waals surface area contributed by atoms with Gasteiger partial charge in [-0.1, -0.05) is 42.0 Å². The van der Waals surface area contributed by atoms with Crippen LogP contribution in [-0.2, 0) is 4.74 Å². The maximum Gasteiger partial charge on any atom is 0.255 e. The fourth-order valence-corrected chi connectivity index (χ4v) is 3.04. The Morgan fingerprint density at radius 3 is 2.63 bits per heavy atom. The van der Waals surface area contributed by atoms with Crippen molar-refractivity contribution in [3.05, 3.63) is 71.4 Å². The number of benzene rings is 2. The molecule has 27 heavy (non-hydrogen) atoms. The van der Waals surface area contributed by atoms with Crippen LogP contribution in [0.1, 0.15) is 27.9 Å². The highest BCUT2D eigenvalue weighted by molar-refractivity contribution is 6.00. The zero-order valence-electron chi connectivity index (χ0n) is 16.0. The van der Waals surface area contributed by atoms with Crippen LogP contribution in [0.15, 0.2) is 54.7 Å². The molecule has 0 atom stereocenters. The molecule has 1 aromatic heterocycles. The summed E-state index contributed by atoms with van der Waals surface area (Å²) in [6.45, 7) is 5.29. The Balaban J connectivity index is 1.99. The summed E-state index contributed by atoms with van der Waals surface area (Å²) in [4.78, 5) is 12.8. The first-order valence-corrected chi connectivity index (χ1v) is 9.10. The van der Waals surface area contributed by atoms with Gasteiger partial charge in [-0.15, -0.1) is 0 Å². The van der Waals surface area contributed by atoms with E-state index < -0.39 is 0 Å². The lowest BCUT2D eigenvalue weighted by Crippen LogP contribution is -2.25. The van der Waals surface area contributed by atoms with E-state index >= 15 is 0 Å². The predicted molar refractivity (Wildman–Crippen MR) is 107 cm³/mol. The second-order valence-electron chi connectivity index (χ2n) is 6.59. The standard InChI is InChI=1S/C22H25N3O2/c1-16-10-11-19(17(2)14-16)21-20(22(26)23-12-7-13-27-3)15-25(24-21)18-8-5-4-6-9-18/h4-6,8-11,14-15H,7,12-13H2,1-3H3,(H,23,26). The number of para-hydroxylation sites is 1. The molecule has 1 heterocycles. The van der Waals surface area contributed by atoms with Crippen molar-refractivity contribution in [1.29, 1.82) is 0 Å². The van der Waals surface area contributed by atoms with E-state index in [9.17, 15) is 4.79 Å². The van der Waals surface area contributed by atoms with Gasteiger partial charge in [-0.25, -0.2) is 4.68 Å². The Hall–Kier alpha value is -2.92. The van der Waals surface area contributed by atoms with Gasteiger partial charge in [-0.05, 0) is 38.0 Å². The third kappa shape index (κ3) is 4.44. The van der Waals surface area contributed by atoms with Crippen molar-refractivity contribution >= 4 is 5.91 Å². The van der Waals surface area contributed by atoms with Crippen molar-refractivity contribution in [2.75, 3.05) is 20.3 Å². The highest BCUT2D eigenvalue weighted by Crippen LogP contribution is 2.27. The molecule has 1 amide bonds. The second-order valence-corrected chi connectivity index (χ2v) is 6.59. The topological polar surface area (TPSA) is 56.1 Å². The predicted octanol–water partition coefficient (Wildman–Crippen LogP) is 3.92. The lowest BCUT2D eigenvalue weighted by atomic mass is 10.0. The zero-order valence-corrected chi connectivity index (χ0v) is 16.0. The number of rotatable bonds is 7. The summed E-state index contributed by atoms with van der Waals surface area (Å²) >= 11 is 0. The van der Waals surface area contributed by atoms with Gasteiger partial charge in [0.25, 0.3) is 5.91 Å². The number of hydrogen-bond donors (Lipinski definition) is 1. The molecule has 0 saturated heterocycles. The van der Waals surface area contributed by atoms with Gasteiger partial charge in [0.1, 0.15) is 5.69 Å². The van der Waals surface area contributed by atoms with Gasteiger partial charge in [-0.2, -0.15) is 5.10 Å². The maximum absolute atomic E-state index is 12.8. The van der Waals surface area contributed by atoms with Gasteiger partial charge in [0.15, 0.2) is 0 Å². The van der Waals surface area contributed by atoms with Gasteiger partial charge in [0.05, 0.1) is 11.3 Å². The van der Waals surface area contributed by atoms with E-state index in [1.807, 2.05) is 49.4 Å². The molecule has 0 spiro atoms. The van der Waals surface area contributed by atoms with E-state index in [4.69, 9.17) is 9.84 Å². The van der Waals surface area contributed by atoms with Gasteiger partial charge in [0, 0.05) is 32.0 Å². The molecule has 0 saturated carbocycles. The molecule has 0 radical (unpaired) electrons. The first kappa shape index (κ1) is 18.9. The minimum absolute atomic E-state index is 0.122. The lowest BCUT2D eigenvalue weighted by Gasteiger charge is -2.08. The molecule has 0 unspecified atom stereocenters.